The SMILES string of the molecule is CN=C(NCc1ccc(-n2nc(C)cc2C)nc1)Nc1ccc(OC)c(OC)c1. The smallest absolute Gasteiger partial charge is 0.195 e. The summed E-state index contributed by atoms with van der Waals surface area (Å²) >= 11 is 0. The van der Waals surface area contributed by atoms with Crippen LogP contribution < -0.4 is 20.1 Å². The largest absolute Gasteiger partial charge is 0.493 e. The Hall–Kier alpha value is -3.55. The molecule has 2 N–H and O–H groups in total. The summed E-state index contributed by atoms with van der Waals surface area (Å²) in [5, 5.41) is 11.0. The zero-order valence-electron chi connectivity index (χ0n) is 17.4. The van der Waals surface area contributed by atoms with Crippen LogP contribution in [0.3, 0.4) is 0 Å². The molecule has 0 fully saturated rings. The van der Waals surface area contributed by atoms with Crippen molar-refractivity contribution in [2.45, 2.75) is 20.4 Å². The molecule has 0 aliphatic rings. The quantitative estimate of drug-likeness (QED) is 0.494. The van der Waals surface area contributed by atoms with Gasteiger partial charge in [-0.2, -0.15) is 5.10 Å². The summed E-state index contributed by atoms with van der Waals surface area (Å²) in [6, 6.07) is 11.6. The molecule has 0 saturated carbocycles. The minimum Gasteiger partial charge on any atom is -0.493 e. The minimum atomic E-state index is 0.581. The number of guanidine groups is 1. The van der Waals surface area contributed by atoms with Gasteiger partial charge in [0.05, 0.1) is 19.9 Å². The molecule has 0 spiro atoms. The van der Waals surface area contributed by atoms with Crippen molar-refractivity contribution in [2.24, 2.45) is 4.99 Å². The predicted octanol–water partition coefficient (Wildman–Crippen LogP) is 3.09. The first kappa shape index (κ1) is 20.2. The van der Waals surface area contributed by atoms with Gasteiger partial charge in [-0.05, 0) is 43.7 Å². The van der Waals surface area contributed by atoms with E-state index in [9.17, 15) is 0 Å². The first-order valence-corrected chi connectivity index (χ1v) is 9.22. The van der Waals surface area contributed by atoms with E-state index in [1.54, 1.807) is 21.3 Å². The number of nitrogens with one attached hydrogen (secondary N) is 2. The lowest BCUT2D eigenvalue weighted by molar-refractivity contribution is 0.355. The molecule has 152 valence electrons. The van der Waals surface area contributed by atoms with Crippen molar-refractivity contribution in [3.63, 3.8) is 0 Å². The molecule has 3 aromatic rings. The highest BCUT2D eigenvalue weighted by Gasteiger charge is 2.07. The summed E-state index contributed by atoms with van der Waals surface area (Å²) < 4.78 is 12.4. The van der Waals surface area contributed by atoms with Crippen molar-refractivity contribution in [3.8, 4) is 17.3 Å². The number of aliphatic imine (C=N–C) groups is 1. The zero-order valence-corrected chi connectivity index (χ0v) is 17.4. The Morgan fingerprint density at radius 2 is 1.86 bits per heavy atom. The van der Waals surface area contributed by atoms with Gasteiger partial charge in [-0.1, -0.05) is 6.07 Å². The molecule has 0 saturated heterocycles. The van der Waals surface area contributed by atoms with Crippen molar-refractivity contribution in [1.82, 2.24) is 20.1 Å². The summed E-state index contributed by atoms with van der Waals surface area (Å²) in [4.78, 5) is 8.79. The van der Waals surface area contributed by atoms with Gasteiger partial charge in [-0.25, -0.2) is 9.67 Å². The molecule has 0 aliphatic carbocycles. The highest BCUT2D eigenvalue weighted by Crippen LogP contribution is 2.29. The van der Waals surface area contributed by atoms with Crippen molar-refractivity contribution >= 4 is 11.6 Å². The molecule has 29 heavy (non-hydrogen) atoms. The molecule has 0 amide bonds. The third-order valence-electron chi connectivity index (χ3n) is 4.37. The number of aryl methyl sites for hydroxylation is 2. The zero-order chi connectivity index (χ0) is 20.8. The van der Waals surface area contributed by atoms with Gasteiger partial charge >= 0.3 is 0 Å². The van der Waals surface area contributed by atoms with Crippen molar-refractivity contribution in [1.29, 1.82) is 0 Å². The maximum atomic E-state index is 5.34. The fourth-order valence-electron chi connectivity index (χ4n) is 2.92. The fourth-order valence-corrected chi connectivity index (χ4v) is 2.92. The van der Waals surface area contributed by atoms with Gasteiger partial charge in [-0.15, -0.1) is 0 Å². The topological polar surface area (TPSA) is 85.6 Å². The van der Waals surface area contributed by atoms with Gasteiger partial charge < -0.3 is 20.1 Å². The Labute approximate surface area is 170 Å². The average molecular weight is 394 g/mol. The predicted molar refractivity (Wildman–Crippen MR) is 114 cm³/mol. The molecule has 0 radical (unpaired) electrons. The van der Waals surface area contributed by atoms with Gasteiger partial charge in [-0.3, -0.25) is 4.99 Å². The van der Waals surface area contributed by atoms with Gasteiger partial charge in [0.1, 0.15) is 0 Å². The van der Waals surface area contributed by atoms with E-state index >= 15 is 0 Å². The van der Waals surface area contributed by atoms with Crippen molar-refractivity contribution in [2.75, 3.05) is 26.6 Å². The first-order chi connectivity index (χ1) is 14.0. The molecule has 2 aromatic heterocycles. The molecule has 0 atom stereocenters. The number of ether oxygens (including phenoxy) is 2. The van der Waals surface area contributed by atoms with Crippen molar-refractivity contribution < 1.29 is 9.47 Å². The third-order valence-corrected chi connectivity index (χ3v) is 4.37. The van der Waals surface area contributed by atoms with Crippen LogP contribution in [0.25, 0.3) is 5.82 Å². The monoisotopic (exact) mass is 394 g/mol. The second-order valence-electron chi connectivity index (χ2n) is 6.48. The van der Waals surface area contributed by atoms with Crippen LogP contribution in [0.1, 0.15) is 17.0 Å². The van der Waals surface area contributed by atoms with E-state index in [4.69, 9.17) is 9.47 Å². The number of methoxy groups -OCH3 is 2. The Bertz CT molecular complexity index is 995. The van der Waals surface area contributed by atoms with E-state index in [-0.39, 0.29) is 0 Å². The van der Waals surface area contributed by atoms with E-state index in [1.165, 1.54) is 0 Å². The van der Waals surface area contributed by atoms with Gasteiger partial charge in [0, 0.05) is 37.2 Å². The highest BCUT2D eigenvalue weighted by atomic mass is 16.5. The third kappa shape index (κ3) is 4.84. The molecule has 0 unspecified atom stereocenters. The second kappa shape index (κ2) is 9.09. The number of rotatable bonds is 6. The maximum Gasteiger partial charge on any atom is 0.195 e. The normalized spacial score (nSPS) is 11.3. The van der Waals surface area contributed by atoms with Crippen LogP contribution in [0.15, 0.2) is 47.6 Å². The van der Waals surface area contributed by atoms with E-state index in [1.807, 2.05) is 61.1 Å². The molecule has 0 aliphatic heterocycles. The molecule has 1 aromatic carbocycles. The van der Waals surface area contributed by atoms with Gasteiger partial charge in [0.2, 0.25) is 0 Å². The van der Waals surface area contributed by atoms with Crippen LogP contribution in [0, 0.1) is 13.8 Å². The van der Waals surface area contributed by atoms with Crippen LogP contribution in [0.5, 0.6) is 11.5 Å². The molecule has 8 heteroatoms. The Kier molecular flexibility index (Phi) is 6.33. The minimum absolute atomic E-state index is 0.581. The summed E-state index contributed by atoms with van der Waals surface area (Å²) in [6.07, 6.45) is 1.84. The van der Waals surface area contributed by atoms with E-state index in [0.717, 1.165) is 28.5 Å². The van der Waals surface area contributed by atoms with Gasteiger partial charge in [0.15, 0.2) is 23.3 Å². The summed E-state index contributed by atoms with van der Waals surface area (Å²) in [7, 11) is 4.94. The molecule has 3 rings (SSSR count). The van der Waals surface area contributed by atoms with Crippen molar-refractivity contribution in [3.05, 3.63) is 59.5 Å². The highest BCUT2D eigenvalue weighted by molar-refractivity contribution is 5.93. The Morgan fingerprint density at radius 3 is 2.45 bits per heavy atom. The van der Waals surface area contributed by atoms with Crippen LogP contribution in [0.2, 0.25) is 0 Å². The average Bonchev–Trinajstić information content (AvgIpc) is 3.09. The molecular formula is C21H26N6O2. The van der Waals surface area contributed by atoms with E-state index < -0.39 is 0 Å². The lowest BCUT2D eigenvalue weighted by Crippen LogP contribution is -2.30. The first-order valence-electron chi connectivity index (χ1n) is 9.22. The van der Waals surface area contributed by atoms with E-state index in [0.29, 0.717) is 24.0 Å². The van der Waals surface area contributed by atoms with Crippen LogP contribution in [0.4, 0.5) is 5.69 Å². The number of nitrogens with zero attached hydrogens (tertiary/aromatic N) is 4. The van der Waals surface area contributed by atoms with Crippen LogP contribution >= 0.6 is 0 Å². The van der Waals surface area contributed by atoms with Crippen LogP contribution in [-0.4, -0.2) is 42.0 Å². The lowest BCUT2D eigenvalue weighted by Gasteiger charge is -2.14. The molecular weight excluding hydrogens is 368 g/mol. The number of hydrogen-bond donors (Lipinski definition) is 2. The standard InChI is InChI=1S/C21H26N6O2/c1-14-10-15(2)27(26-14)20-9-6-16(12-23-20)13-24-21(22-3)25-17-7-8-18(28-4)19(11-17)29-5/h6-12H,13H2,1-5H3,(H2,22,24,25). The van der Waals surface area contributed by atoms with Gasteiger partial charge in [0.25, 0.3) is 0 Å². The number of hydrogen-bond acceptors (Lipinski definition) is 5. The van der Waals surface area contributed by atoms with Crippen LogP contribution in [-0.2, 0) is 6.54 Å². The second-order valence-corrected chi connectivity index (χ2v) is 6.48. The van der Waals surface area contributed by atoms with E-state index in [2.05, 4.69) is 25.7 Å². The number of anilines is 1. The number of pyridine rings is 1. The summed E-state index contributed by atoms with van der Waals surface area (Å²) in [6.45, 7) is 4.57. The Balaban J connectivity index is 1.63. The molecule has 8 nitrogen and oxygen atoms in total. The molecule has 2 heterocycles. The number of aromatic nitrogens is 3. The maximum absolute atomic E-state index is 5.34. The lowest BCUT2D eigenvalue weighted by atomic mass is 10.2. The summed E-state index contributed by atoms with van der Waals surface area (Å²) in [5.41, 5.74) is 3.90. The Morgan fingerprint density at radius 1 is 1.07 bits per heavy atom. The fraction of sp³-hybridized carbons (Fsp3) is 0.286. The summed E-state index contributed by atoms with van der Waals surface area (Å²) in [5.74, 6) is 2.76. The number of benzene rings is 1. The molecule has 0 bridgehead atoms.